The number of phenols is 1. The molecule has 0 unspecified atom stereocenters. The molecule has 1 aromatic carbocycles. The summed E-state index contributed by atoms with van der Waals surface area (Å²) in [6.07, 6.45) is 4.61. The Morgan fingerprint density at radius 2 is 1.55 bits per heavy atom. The molecule has 0 atom stereocenters. The Kier molecular flexibility index (Phi) is 6.84. The normalized spacial score (nSPS) is 12.2. The molecule has 1 rings (SSSR count). The van der Waals surface area contributed by atoms with Crippen LogP contribution in [-0.4, -0.2) is 66.2 Å². The number of benzene rings is 1. The van der Waals surface area contributed by atoms with E-state index in [-0.39, 0.29) is 17.2 Å². The van der Waals surface area contributed by atoms with E-state index in [1.807, 2.05) is 0 Å². The number of aliphatic hydroxyl groups is 3. The third-order valence-electron chi connectivity index (χ3n) is 3.11. The van der Waals surface area contributed by atoms with Gasteiger partial charge in [0, 0.05) is 6.21 Å². The van der Waals surface area contributed by atoms with Crippen LogP contribution < -0.4 is 9.47 Å². The van der Waals surface area contributed by atoms with Gasteiger partial charge in [0.2, 0.25) is 5.75 Å². The molecule has 0 radical (unpaired) electrons. The molecule has 0 bridgehead atoms. The molecule has 0 saturated heterocycles. The van der Waals surface area contributed by atoms with Gasteiger partial charge in [-0.2, -0.15) is 0 Å². The number of aromatic hydroxyl groups is 1. The molecule has 0 aliphatic rings. The summed E-state index contributed by atoms with van der Waals surface area (Å²) < 4.78 is 10.1. The summed E-state index contributed by atoms with van der Waals surface area (Å²) in [6.45, 7) is -1.40. The van der Waals surface area contributed by atoms with Gasteiger partial charge < -0.3 is 29.9 Å². The summed E-state index contributed by atoms with van der Waals surface area (Å²) in [4.78, 5) is 3.95. The molecular formula is C15H21NO6. The fraction of sp³-hybridized carbons (Fsp3) is 0.400. The molecule has 0 aromatic heterocycles. The van der Waals surface area contributed by atoms with E-state index in [0.717, 1.165) is 0 Å². The fourth-order valence-corrected chi connectivity index (χ4v) is 1.64. The highest BCUT2D eigenvalue weighted by molar-refractivity contribution is 5.79. The van der Waals surface area contributed by atoms with Crippen molar-refractivity contribution in [3.05, 3.63) is 23.8 Å². The zero-order valence-corrected chi connectivity index (χ0v) is 12.6. The minimum absolute atomic E-state index is 0.0873. The highest BCUT2D eigenvalue weighted by Crippen LogP contribution is 2.37. The monoisotopic (exact) mass is 311 g/mol. The van der Waals surface area contributed by atoms with Crippen molar-refractivity contribution >= 4 is 12.3 Å². The van der Waals surface area contributed by atoms with E-state index in [9.17, 15) is 5.11 Å². The molecule has 0 aliphatic carbocycles. The van der Waals surface area contributed by atoms with Crippen LogP contribution in [0.25, 0.3) is 6.08 Å². The van der Waals surface area contributed by atoms with Crippen LogP contribution >= 0.6 is 0 Å². The van der Waals surface area contributed by atoms with Crippen LogP contribution in [0.2, 0.25) is 0 Å². The molecule has 122 valence electrons. The van der Waals surface area contributed by atoms with Gasteiger partial charge in [-0.1, -0.05) is 6.08 Å². The van der Waals surface area contributed by atoms with E-state index < -0.39 is 25.4 Å². The number of hydrogen-bond acceptors (Lipinski definition) is 7. The van der Waals surface area contributed by atoms with Crippen LogP contribution in [0, 0.1) is 0 Å². The topological polar surface area (TPSA) is 112 Å². The number of methoxy groups -OCH3 is 2. The fourth-order valence-electron chi connectivity index (χ4n) is 1.64. The summed E-state index contributed by atoms with van der Waals surface area (Å²) in [5.41, 5.74) is -0.602. The second-order valence-electron chi connectivity index (χ2n) is 4.61. The SMILES string of the molecule is COc1cc(/C=C/C=N/C(CO)(CO)CO)cc(OC)c1O. The van der Waals surface area contributed by atoms with E-state index in [4.69, 9.17) is 24.8 Å². The average molecular weight is 311 g/mol. The Bertz CT molecular complexity index is 504. The molecule has 0 aliphatic heterocycles. The van der Waals surface area contributed by atoms with E-state index in [2.05, 4.69) is 4.99 Å². The van der Waals surface area contributed by atoms with E-state index in [0.29, 0.717) is 5.56 Å². The smallest absolute Gasteiger partial charge is 0.200 e. The predicted molar refractivity (Wildman–Crippen MR) is 82.7 cm³/mol. The summed E-state index contributed by atoms with van der Waals surface area (Å²) in [6, 6.07) is 3.22. The molecule has 4 N–H and O–H groups in total. The van der Waals surface area contributed by atoms with Crippen LogP contribution in [-0.2, 0) is 0 Å². The first-order valence-corrected chi connectivity index (χ1v) is 6.55. The zero-order valence-electron chi connectivity index (χ0n) is 12.6. The van der Waals surface area contributed by atoms with Crippen LogP contribution in [0.3, 0.4) is 0 Å². The van der Waals surface area contributed by atoms with E-state index in [1.165, 1.54) is 20.4 Å². The summed E-state index contributed by atoms with van der Waals surface area (Å²) in [5.74, 6) is 0.452. The first-order chi connectivity index (χ1) is 10.6. The number of ether oxygens (including phenoxy) is 2. The number of hydrogen-bond donors (Lipinski definition) is 4. The molecule has 7 heteroatoms. The zero-order chi connectivity index (χ0) is 16.6. The van der Waals surface area contributed by atoms with Crippen molar-refractivity contribution in [2.24, 2.45) is 4.99 Å². The van der Waals surface area contributed by atoms with E-state index in [1.54, 1.807) is 24.3 Å². The lowest BCUT2D eigenvalue weighted by atomic mass is 10.1. The van der Waals surface area contributed by atoms with Crippen molar-refractivity contribution in [3.8, 4) is 17.2 Å². The summed E-state index contributed by atoms with van der Waals surface area (Å²) in [7, 11) is 2.86. The van der Waals surface area contributed by atoms with Gasteiger partial charge in [0.1, 0.15) is 5.54 Å². The summed E-state index contributed by atoms with van der Waals surface area (Å²) in [5, 5.41) is 37.2. The molecule has 7 nitrogen and oxygen atoms in total. The van der Waals surface area contributed by atoms with Crippen molar-refractivity contribution < 1.29 is 29.9 Å². The number of allylic oxidation sites excluding steroid dienone is 1. The van der Waals surface area contributed by atoms with Crippen LogP contribution in [0.5, 0.6) is 17.2 Å². The maximum absolute atomic E-state index is 9.80. The number of nitrogens with zero attached hydrogens (tertiary/aromatic N) is 1. The van der Waals surface area contributed by atoms with Gasteiger partial charge in [-0.25, -0.2) is 0 Å². The van der Waals surface area contributed by atoms with E-state index >= 15 is 0 Å². The Balaban J connectivity index is 2.95. The van der Waals surface area contributed by atoms with Crippen molar-refractivity contribution in [2.45, 2.75) is 5.54 Å². The predicted octanol–water partition coefficient (Wildman–Crippen LogP) is 0.209. The molecule has 22 heavy (non-hydrogen) atoms. The number of phenolic OH excluding ortho intramolecular Hbond substituents is 1. The first-order valence-electron chi connectivity index (χ1n) is 6.55. The average Bonchev–Trinajstić information content (AvgIpc) is 2.56. The van der Waals surface area contributed by atoms with Gasteiger partial charge in [-0.15, -0.1) is 0 Å². The minimum Gasteiger partial charge on any atom is -0.502 e. The van der Waals surface area contributed by atoms with Crippen LogP contribution in [0.4, 0.5) is 0 Å². The second kappa shape index (κ2) is 8.38. The number of aliphatic hydroxyl groups excluding tert-OH is 3. The van der Waals surface area contributed by atoms with Gasteiger partial charge in [0.05, 0.1) is 34.0 Å². The highest BCUT2D eigenvalue weighted by Gasteiger charge is 2.25. The molecular weight excluding hydrogens is 290 g/mol. The molecule has 0 spiro atoms. The van der Waals surface area contributed by atoms with Crippen molar-refractivity contribution in [3.63, 3.8) is 0 Å². The highest BCUT2D eigenvalue weighted by atomic mass is 16.5. The molecule has 0 saturated carbocycles. The van der Waals surface area contributed by atoms with Gasteiger partial charge >= 0.3 is 0 Å². The van der Waals surface area contributed by atoms with Gasteiger partial charge in [0.25, 0.3) is 0 Å². The first kappa shape index (κ1) is 18.0. The lowest BCUT2D eigenvalue weighted by molar-refractivity contribution is 0.0719. The molecule has 0 heterocycles. The largest absolute Gasteiger partial charge is 0.502 e. The molecule has 0 amide bonds. The molecule has 0 fully saturated rings. The van der Waals surface area contributed by atoms with Crippen molar-refractivity contribution in [1.82, 2.24) is 0 Å². The lowest BCUT2D eigenvalue weighted by Crippen LogP contribution is -2.39. The van der Waals surface area contributed by atoms with Crippen molar-refractivity contribution in [2.75, 3.05) is 34.0 Å². The van der Waals surface area contributed by atoms with Crippen molar-refractivity contribution in [1.29, 1.82) is 0 Å². The Morgan fingerprint density at radius 1 is 1.05 bits per heavy atom. The minimum atomic E-state index is -1.30. The van der Waals surface area contributed by atoms with Crippen LogP contribution in [0.1, 0.15) is 5.56 Å². The van der Waals surface area contributed by atoms with Gasteiger partial charge in [-0.3, -0.25) is 4.99 Å². The van der Waals surface area contributed by atoms with Gasteiger partial charge in [0.15, 0.2) is 11.5 Å². The van der Waals surface area contributed by atoms with Crippen LogP contribution in [0.15, 0.2) is 23.2 Å². The quantitative estimate of drug-likeness (QED) is 0.511. The Morgan fingerprint density at radius 3 is 1.95 bits per heavy atom. The number of rotatable bonds is 8. The Hall–Kier alpha value is -2.09. The third-order valence-corrected chi connectivity index (χ3v) is 3.11. The second-order valence-corrected chi connectivity index (χ2v) is 4.61. The summed E-state index contributed by atoms with van der Waals surface area (Å²) >= 11 is 0. The Labute approximate surface area is 128 Å². The maximum Gasteiger partial charge on any atom is 0.200 e. The number of aliphatic imine (C=N–C) groups is 1. The standard InChI is InChI=1S/C15H21NO6/c1-21-12-6-11(7-13(22-2)14(12)20)4-3-5-16-15(8-17,9-18)10-19/h3-7,17-20H,8-10H2,1-2H3/b4-3+,16-5+. The molecule has 1 aromatic rings. The van der Waals surface area contributed by atoms with Gasteiger partial charge in [-0.05, 0) is 23.8 Å². The lowest BCUT2D eigenvalue weighted by Gasteiger charge is -2.21. The third kappa shape index (κ3) is 4.20. The maximum atomic E-state index is 9.80.